The van der Waals surface area contributed by atoms with Crippen molar-refractivity contribution in [2.24, 2.45) is 0 Å². The van der Waals surface area contributed by atoms with Gasteiger partial charge in [-0.3, -0.25) is 0 Å². The second-order valence-corrected chi connectivity index (χ2v) is 1.71. The van der Waals surface area contributed by atoms with Gasteiger partial charge in [0.15, 0.2) is 0 Å². The third kappa shape index (κ3) is 63.9. The van der Waals surface area contributed by atoms with Crippen LogP contribution in [0, 0.1) is 13.8 Å². The van der Waals surface area contributed by atoms with Gasteiger partial charge in [-0.25, -0.2) is 0 Å². The molecule has 2 heteroatoms. The Morgan fingerprint density at radius 1 is 0.900 bits per heavy atom. The summed E-state index contributed by atoms with van der Waals surface area (Å²) < 4.78 is 0. The van der Waals surface area contributed by atoms with Gasteiger partial charge in [0, 0.05) is 0 Å². The maximum Gasteiger partial charge on any atom is 2.00 e. The summed E-state index contributed by atoms with van der Waals surface area (Å²) in [6.07, 6.45) is 4.56. The molecule has 0 aliphatic carbocycles. The van der Waals surface area contributed by atoms with Gasteiger partial charge < -0.3 is 13.8 Å². The van der Waals surface area contributed by atoms with Crippen molar-refractivity contribution in [1.82, 2.24) is 0 Å². The van der Waals surface area contributed by atoms with Crippen LogP contribution >= 0.6 is 12.4 Å². The predicted molar refractivity (Wildman–Crippen MR) is 47.8 cm³/mol. The molecule has 0 saturated carbocycles. The Labute approximate surface area is 87.5 Å². The second-order valence-electron chi connectivity index (χ2n) is 1.71. The molecule has 0 spiro atoms. The molecule has 0 aromatic carbocycles. The van der Waals surface area contributed by atoms with Crippen LogP contribution in [0.25, 0.3) is 0 Å². The number of hydrogen-bond acceptors (Lipinski definition) is 0. The first-order valence-corrected chi connectivity index (χ1v) is 3.41. The van der Waals surface area contributed by atoms with Gasteiger partial charge in [-0.15, -0.1) is 12.4 Å². The van der Waals surface area contributed by atoms with E-state index >= 15 is 0 Å². The molecule has 0 fully saturated rings. The van der Waals surface area contributed by atoms with E-state index in [1.54, 1.807) is 0 Å². The third-order valence-corrected chi connectivity index (χ3v) is 0.707. The van der Waals surface area contributed by atoms with Gasteiger partial charge in [0.2, 0.25) is 0 Å². The Morgan fingerprint density at radius 2 is 1.00 bits per heavy atom. The summed E-state index contributed by atoms with van der Waals surface area (Å²) in [6.45, 7) is 11.4. The van der Waals surface area contributed by atoms with E-state index < -0.39 is 0 Å². The van der Waals surface area contributed by atoms with Gasteiger partial charge in [0.1, 0.15) is 0 Å². The molecule has 0 N–H and O–H groups in total. The Balaban J connectivity index is -0.0000000300. The molecule has 0 aliphatic heterocycles. The summed E-state index contributed by atoms with van der Waals surface area (Å²) in [4.78, 5) is 0. The number of hydrogen-bond donors (Lipinski definition) is 0. The van der Waals surface area contributed by atoms with Crippen LogP contribution in [0.4, 0.5) is 0 Å². The molecule has 0 atom stereocenters. The maximum atomic E-state index is 3.60. The molecule has 0 rings (SSSR count). The Morgan fingerprint density at radius 3 is 1.00 bits per heavy atom. The van der Waals surface area contributed by atoms with E-state index in [0.29, 0.717) is 0 Å². The van der Waals surface area contributed by atoms with Crippen molar-refractivity contribution in [2.75, 3.05) is 0 Å². The first kappa shape index (κ1) is 22.4. The van der Waals surface area contributed by atoms with Crippen molar-refractivity contribution in [3.05, 3.63) is 13.8 Å². The SMILES string of the molecule is Cl.[CH2-]CCC.[CH2-]CCC.[Ti+2]. The van der Waals surface area contributed by atoms with E-state index in [9.17, 15) is 0 Å². The van der Waals surface area contributed by atoms with Gasteiger partial charge >= 0.3 is 21.7 Å². The molecule has 0 heterocycles. The summed E-state index contributed by atoms with van der Waals surface area (Å²) >= 11 is 0. The van der Waals surface area contributed by atoms with Crippen molar-refractivity contribution in [2.45, 2.75) is 39.5 Å². The molecule has 0 nitrogen and oxygen atoms in total. The molecule has 0 aromatic heterocycles. The van der Waals surface area contributed by atoms with Crippen LogP contribution in [0.15, 0.2) is 0 Å². The molecule has 0 unspecified atom stereocenters. The molecule has 0 radical (unpaired) electrons. The average Bonchev–Trinajstić information content (AvgIpc) is 1.88. The maximum absolute atomic E-state index is 3.60. The van der Waals surface area contributed by atoms with Crippen LogP contribution in [0.3, 0.4) is 0 Å². The van der Waals surface area contributed by atoms with Crippen molar-refractivity contribution < 1.29 is 21.7 Å². The van der Waals surface area contributed by atoms with Crippen LogP contribution in [0.2, 0.25) is 0 Å². The smallest absolute Gasteiger partial charge is 0.343 e. The second kappa shape index (κ2) is 32.4. The van der Waals surface area contributed by atoms with Crippen molar-refractivity contribution >= 4 is 12.4 Å². The Kier molecular flexibility index (Phi) is 72.7. The van der Waals surface area contributed by atoms with E-state index in [2.05, 4.69) is 27.7 Å². The first-order valence-electron chi connectivity index (χ1n) is 3.41. The average molecular weight is 199 g/mol. The monoisotopic (exact) mass is 198 g/mol. The molecular weight excluding hydrogens is 179 g/mol. The number of halogens is 1. The fourth-order valence-corrected chi connectivity index (χ4v) is 0. The standard InChI is InChI=1S/2C4H9.ClH.Ti/c2*1-3-4-2;;/h2*1,3-4H2,2H3;1H;/q2*-1;;+2. The largest absolute Gasteiger partial charge is 2.00 e. The third-order valence-electron chi connectivity index (χ3n) is 0.707. The van der Waals surface area contributed by atoms with Gasteiger partial charge in [0.25, 0.3) is 0 Å². The van der Waals surface area contributed by atoms with E-state index in [0.717, 1.165) is 12.8 Å². The fourth-order valence-electron chi connectivity index (χ4n) is 0. The zero-order valence-electron chi connectivity index (χ0n) is 7.15. The van der Waals surface area contributed by atoms with Crippen molar-refractivity contribution in [3.8, 4) is 0 Å². The number of unbranched alkanes of at least 4 members (excludes halogenated alkanes) is 2. The molecule has 0 aliphatic rings. The van der Waals surface area contributed by atoms with Gasteiger partial charge in [-0.05, 0) is 0 Å². The molecular formula is C8H19ClTi. The molecule has 0 amide bonds. The molecule has 0 bridgehead atoms. The predicted octanol–water partition coefficient (Wildman–Crippen LogP) is 3.66. The summed E-state index contributed by atoms with van der Waals surface area (Å²) in [5.74, 6) is 0. The van der Waals surface area contributed by atoms with E-state index in [4.69, 9.17) is 0 Å². The minimum Gasteiger partial charge on any atom is -0.343 e. The Hall–Kier alpha value is 1.00. The summed E-state index contributed by atoms with van der Waals surface area (Å²) in [5, 5.41) is 0. The van der Waals surface area contributed by atoms with E-state index in [1.807, 2.05) is 0 Å². The topological polar surface area (TPSA) is 0 Å². The molecule has 10 heavy (non-hydrogen) atoms. The van der Waals surface area contributed by atoms with Crippen molar-refractivity contribution in [1.29, 1.82) is 0 Å². The summed E-state index contributed by atoms with van der Waals surface area (Å²) in [7, 11) is 0. The van der Waals surface area contributed by atoms with Gasteiger partial charge in [-0.1, -0.05) is 26.7 Å². The molecule has 62 valence electrons. The van der Waals surface area contributed by atoms with Crippen molar-refractivity contribution in [3.63, 3.8) is 0 Å². The summed E-state index contributed by atoms with van der Waals surface area (Å²) in [6, 6.07) is 0. The first-order chi connectivity index (χ1) is 3.83. The van der Waals surface area contributed by atoms with Crippen LogP contribution in [0.5, 0.6) is 0 Å². The summed E-state index contributed by atoms with van der Waals surface area (Å²) in [5.41, 5.74) is 0. The minimum absolute atomic E-state index is 0. The van der Waals surface area contributed by atoms with Crippen LogP contribution in [0.1, 0.15) is 39.5 Å². The van der Waals surface area contributed by atoms with E-state index in [-0.39, 0.29) is 34.1 Å². The molecule has 0 saturated heterocycles. The van der Waals surface area contributed by atoms with Crippen LogP contribution < -0.4 is 0 Å². The zero-order chi connectivity index (χ0) is 6.83. The van der Waals surface area contributed by atoms with Gasteiger partial charge in [-0.2, -0.15) is 12.8 Å². The zero-order valence-corrected chi connectivity index (χ0v) is 9.53. The van der Waals surface area contributed by atoms with Crippen LogP contribution in [-0.4, -0.2) is 0 Å². The Bertz CT molecular complexity index is 17.2. The van der Waals surface area contributed by atoms with Gasteiger partial charge in [0.05, 0.1) is 0 Å². The molecule has 0 aromatic rings. The van der Waals surface area contributed by atoms with Crippen LogP contribution in [-0.2, 0) is 21.7 Å². The van der Waals surface area contributed by atoms with E-state index in [1.165, 1.54) is 12.8 Å². The quantitative estimate of drug-likeness (QED) is 0.469. The fraction of sp³-hybridized carbons (Fsp3) is 0.750. The number of rotatable bonds is 2. The minimum atomic E-state index is 0. The normalized spacial score (nSPS) is 6.00.